The minimum absolute atomic E-state index is 0.0543. The van der Waals surface area contributed by atoms with Gasteiger partial charge in [0.25, 0.3) is 0 Å². The molecule has 134 valence electrons. The zero-order chi connectivity index (χ0) is 17.9. The molecule has 0 radical (unpaired) electrons. The molecule has 0 aromatic heterocycles. The molecule has 0 N–H and O–H groups in total. The molecule has 0 amide bonds. The first-order valence-electron chi connectivity index (χ1n) is 9.22. The Morgan fingerprint density at radius 2 is 1.52 bits per heavy atom. The van der Waals surface area contributed by atoms with Crippen molar-refractivity contribution < 1.29 is 14.3 Å². The van der Waals surface area contributed by atoms with Crippen LogP contribution in [0.5, 0.6) is 11.5 Å². The van der Waals surface area contributed by atoms with E-state index in [1.807, 2.05) is 48.5 Å². The maximum absolute atomic E-state index is 12.8. The van der Waals surface area contributed by atoms with Crippen molar-refractivity contribution in [2.75, 3.05) is 13.2 Å². The van der Waals surface area contributed by atoms with Gasteiger partial charge in [0.05, 0.1) is 18.8 Å². The van der Waals surface area contributed by atoms with E-state index in [-0.39, 0.29) is 5.78 Å². The summed E-state index contributed by atoms with van der Waals surface area (Å²) in [4.78, 5) is 12.8. The summed E-state index contributed by atoms with van der Waals surface area (Å²) >= 11 is 0. The molecule has 0 spiro atoms. The van der Waals surface area contributed by atoms with Gasteiger partial charge in [-0.1, -0.05) is 63.1 Å². The van der Waals surface area contributed by atoms with Crippen molar-refractivity contribution in [2.45, 2.75) is 46.0 Å². The number of ketones is 1. The summed E-state index contributed by atoms with van der Waals surface area (Å²) in [5, 5.41) is 0. The van der Waals surface area contributed by atoms with Gasteiger partial charge in [-0.15, -0.1) is 0 Å². The van der Waals surface area contributed by atoms with Crippen molar-refractivity contribution in [1.82, 2.24) is 0 Å². The molecule has 0 saturated carbocycles. The van der Waals surface area contributed by atoms with Gasteiger partial charge in [0.2, 0.25) is 0 Å². The number of carbonyl (C=O) groups excluding carboxylic acids is 1. The molecule has 0 saturated heterocycles. The molecule has 3 heteroatoms. The average Bonchev–Trinajstić information content (AvgIpc) is 2.63. The quantitative estimate of drug-likeness (QED) is 0.402. The first-order chi connectivity index (χ1) is 12.3. The highest BCUT2D eigenvalue weighted by molar-refractivity contribution is 6.00. The normalized spacial score (nSPS) is 10.5. The molecule has 0 fully saturated rings. The third-order valence-electron chi connectivity index (χ3n) is 3.99. The Morgan fingerprint density at radius 3 is 2.20 bits per heavy atom. The lowest BCUT2D eigenvalue weighted by Gasteiger charge is -2.16. The van der Waals surface area contributed by atoms with Gasteiger partial charge in [0, 0.05) is 6.42 Å². The van der Waals surface area contributed by atoms with Gasteiger partial charge in [0.1, 0.15) is 0 Å². The van der Waals surface area contributed by atoms with Gasteiger partial charge in [-0.2, -0.15) is 0 Å². The Bertz CT molecular complexity index is 650. The summed E-state index contributed by atoms with van der Waals surface area (Å²) in [6.45, 7) is 5.48. The topological polar surface area (TPSA) is 35.5 Å². The molecule has 2 aromatic carbocycles. The summed E-state index contributed by atoms with van der Waals surface area (Å²) in [6.07, 6.45) is 4.42. The van der Waals surface area contributed by atoms with Crippen molar-refractivity contribution >= 4 is 5.78 Å². The van der Waals surface area contributed by atoms with E-state index >= 15 is 0 Å². The molecule has 0 unspecified atom stereocenters. The van der Waals surface area contributed by atoms with Crippen LogP contribution in [0.2, 0.25) is 0 Å². The number of rotatable bonds is 11. The van der Waals surface area contributed by atoms with Crippen molar-refractivity contribution in [3.8, 4) is 11.5 Å². The van der Waals surface area contributed by atoms with Gasteiger partial charge < -0.3 is 9.47 Å². The van der Waals surface area contributed by atoms with Crippen LogP contribution in [0.25, 0.3) is 0 Å². The van der Waals surface area contributed by atoms with Crippen LogP contribution >= 0.6 is 0 Å². The highest BCUT2D eigenvalue weighted by Gasteiger charge is 2.17. The van der Waals surface area contributed by atoms with E-state index in [2.05, 4.69) is 13.8 Å². The summed E-state index contributed by atoms with van der Waals surface area (Å²) < 4.78 is 11.8. The molecule has 2 rings (SSSR count). The van der Waals surface area contributed by atoms with Crippen LogP contribution in [0.1, 0.15) is 55.5 Å². The fourth-order valence-corrected chi connectivity index (χ4v) is 2.52. The molecule has 0 bridgehead atoms. The van der Waals surface area contributed by atoms with E-state index in [1.165, 1.54) is 0 Å². The minimum atomic E-state index is 0.0543. The van der Waals surface area contributed by atoms with Crippen molar-refractivity contribution in [3.63, 3.8) is 0 Å². The van der Waals surface area contributed by atoms with E-state index in [4.69, 9.17) is 9.47 Å². The monoisotopic (exact) mass is 340 g/mol. The maximum Gasteiger partial charge on any atom is 0.171 e. The fourth-order valence-electron chi connectivity index (χ4n) is 2.52. The first kappa shape index (κ1) is 19.0. The molecule has 25 heavy (non-hydrogen) atoms. The molecule has 3 nitrogen and oxygen atoms in total. The third kappa shape index (κ3) is 5.93. The Balaban J connectivity index is 2.21. The summed E-state index contributed by atoms with van der Waals surface area (Å²) in [7, 11) is 0. The fraction of sp³-hybridized carbons (Fsp3) is 0.409. The second-order valence-corrected chi connectivity index (χ2v) is 6.12. The molecular weight excluding hydrogens is 312 g/mol. The molecule has 0 aliphatic heterocycles. The van der Waals surface area contributed by atoms with E-state index in [0.29, 0.717) is 36.7 Å². The minimum Gasteiger partial charge on any atom is -0.490 e. The highest BCUT2D eigenvalue weighted by atomic mass is 16.5. The summed E-state index contributed by atoms with van der Waals surface area (Å²) in [6, 6.07) is 15.4. The Morgan fingerprint density at radius 1 is 0.840 bits per heavy atom. The molecule has 0 aliphatic rings. The van der Waals surface area contributed by atoms with E-state index in [1.54, 1.807) is 0 Å². The molecular formula is C22H28O3. The number of para-hydroxylation sites is 1. The SMILES string of the molecule is CCCCOc1cccc(C(=O)Cc2ccccc2)c1OCCCC. The van der Waals surface area contributed by atoms with Crippen molar-refractivity contribution in [2.24, 2.45) is 0 Å². The summed E-state index contributed by atoms with van der Waals surface area (Å²) in [5.74, 6) is 1.31. The lowest BCUT2D eigenvalue weighted by Crippen LogP contribution is -2.10. The van der Waals surface area contributed by atoms with Crippen LogP contribution < -0.4 is 9.47 Å². The van der Waals surface area contributed by atoms with E-state index < -0.39 is 0 Å². The van der Waals surface area contributed by atoms with E-state index in [0.717, 1.165) is 31.2 Å². The zero-order valence-corrected chi connectivity index (χ0v) is 15.3. The molecule has 2 aromatic rings. The largest absolute Gasteiger partial charge is 0.490 e. The van der Waals surface area contributed by atoms with Gasteiger partial charge in [-0.3, -0.25) is 4.79 Å². The van der Waals surface area contributed by atoms with Crippen LogP contribution in [0.15, 0.2) is 48.5 Å². The number of Topliss-reactive ketones (excluding diaryl/α,β-unsaturated/α-hetero) is 1. The van der Waals surface area contributed by atoms with Gasteiger partial charge in [-0.25, -0.2) is 0 Å². The summed E-state index contributed by atoms with van der Waals surface area (Å²) in [5.41, 5.74) is 1.61. The number of hydrogen-bond donors (Lipinski definition) is 0. The van der Waals surface area contributed by atoms with Crippen LogP contribution in [0.3, 0.4) is 0 Å². The Kier molecular flexibility index (Phi) is 8.03. The second kappa shape index (κ2) is 10.5. The van der Waals surface area contributed by atoms with Crippen LogP contribution in [0, 0.1) is 0 Å². The smallest absolute Gasteiger partial charge is 0.171 e. The van der Waals surface area contributed by atoms with Gasteiger partial charge >= 0.3 is 0 Å². The van der Waals surface area contributed by atoms with Crippen LogP contribution in [-0.4, -0.2) is 19.0 Å². The standard InChI is InChI=1S/C22H28O3/c1-3-5-15-24-21-14-10-13-19(22(21)25-16-6-4-2)20(23)17-18-11-8-7-9-12-18/h7-14H,3-6,15-17H2,1-2H3. The van der Waals surface area contributed by atoms with Gasteiger partial charge in [-0.05, 0) is 30.5 Å². The van der Waals surface area contributed by atoms with Crippen LogP contribution in [0.4, 0.5) is 0 Å². The number of carbonyl (C=O) groups is 1. The third-order valence-corrected chi connectivity index (χ3v) is 3.99. The second-order valence-electron chi connectivity index (χ2n) is 6.12. The Hall–Kier alpha value is -2.29. The highest BCUT2D eigenvalue weighted by Crippen LogP contribution is 2.32. The van der Waals surface area contributed by atoms with Crippen molar-refractivity contribution in [1.29, 1.82) is 0 Å². The molecule has 0 heterocycles. The Labute approximate surface area is 151 Å². The predicted molar refractivity (Wildman–Crippen MR) is 102 cm³/mol. The predicted octanol–water partition coefficient (Wildman–Crippen LogP) is 5.47. The lowest BCUT2D eigenvalue weighted by molar-refractivity contribution is 0.0988. The number of benzene rings is 2. The molecule has 0 aliphatic carbocycles. The first-order valence-corrected chi connectivity index (χ1v) is 9.22. The molecule has 0 atom stereocenters. The van der Waals surface area contributed by atoms with Crippen LogP contribution in [-0.2, 0) is 6.42 Å². The number of hydrogen-bond acceptors (Lipinski definition) is 3. The maximum atomic E-state index is 12.8. The lowest BCUT2D eigenvalue weighted by atomic mass is 10.0. The number of unbranched alkanes of at least 4 members (excludes halogenated alkanes) is 2. The number of ether oxygens (including phenoxy) is 2. The van der Waals surface area contributed by atoms with E-state index in [9.17, 15) is 4.79 Å². The zero-order valence-electron chi connectivity index (χ0n) is 15.3. The van der Waals surface area contributed by atoms with Crippen molar-refractivity contribution in [3.05, 3.63) is 59.7 Å². The van der Waals surface area contributed by atoms with Gasteiger partial charge in [0.15, 0.2) is 17.3 Å². The average molecular weight is 340 g/mol.